The monoisotopic (exact) mass is 617 g/mol. The van der Waals surface area contributed by atoms with Crippen molar-refractivity contribution in [3.05, 3.63) is 36.0 Å². The van der Waals surface area contributed by atoms with Crippen molar-refractivity contribution < 1.29 is 34.2 Å². The number of aliphatic carboxylic acids is 2. The maximum atomic E-state index is 13.5. The summed E-state index contributed by atoms with van der Waals surface area (Å²) < 4.78 is 0. The van der Waals surface area contributed by atoms with E-state index in [-0.39, 0.29) is 38.2 Å². The van der Waals surface area contributed by atoms with Crippen molar-refractivity contribution in [2.24, 2.45) is 27.9 Å². The minimum Gasteiger partial charge on any atom is -0.481 e. The second-order valence-corrected chi connectivity index (χ2v) is 10.4. The van der Waals surface area contributed by atoms with Crippen LogP contribution in [0.2, 0.25) is 0 Å². The van der Waals surface area contributed by atoms with Crippen LogP contribution >= 0.6 is 0 Å². The average Bonchev–Trinajstić information content (AvgIpc) is 3.38. The Bertz CT molecular complexity index is 1310. The largest absolute Gasteiger partial charge is 0.481 e. The molecule has 0 radical (unpaired) electrons. The number of aliphatic imine (C=N–C) groups is 1. The van der Waals surface area contributed by atoms with Gasteiger partial charge in [-0.2, -0.15) is 0 Å². The standard InChI is InChI=1S/C28H43N9O7/c29-12-4-3-7-18(30)24(40)35-20(10-11-23(38)39)25(41)37-22(14-16-15-34-19-8-2-1-6-17(16)19)26(42)36-21(27(43)44)9-5-13-33-28(31)32/h1-2,6,8,15,18,20-22,34H,3-5,7,9-14,29-30H2,(H,35,40)(H,36,42)(H,37,41)(H,38,39)(H,43,44)(H4,31,32,33). The number of para-hydroxylation sites is 1. The predicted octanol–water partition coefficient (Wildman–Crippen LogP) is -1.38. The van der Waals surface area contributed by atoms with Gasteiger partial charge in [-0.05, 0) is 50.3 Å². The lowest BCUT2D eigenvalue weighted by molar-refractivity contribution is -0.142. The van der Waals surface area contributed by atoms with E-state index in [1.54, 1.807) is 12.3 Å². The van der Waals surface area contributed by atoms with Crippen molar-refractivity contribution in [2.45, 2.75) is 75.5 Å². The average molecular weight is 618 g/mol. The summed E-state index contributed by atoms with van der Waals surface area (Å²) in [4.78, 5) is 69.8. The number of guanidine groups is 1. The van der Waals surface area contributed by atoms with Crippen LogP contribution in [0.5, 0.6) is 0 Å². The van der Waals surface area contributed by atoms with Crippen molar-refractivity contribution in [3.8, 4) is 0 Å². The molecule has 0 fully saturated rings. The van der Waals surface area contributed by atoms with Crippen LogP contribution in [0, 0.1) is 0 Å². The van der Waals surface area contributed by atoms with E-state index in [2.05, 4.69) is 25.9 Å². The topological polar surface area (TPSA) is 294 Å². The van der Waals surface area contributed by atoms with Crippen LogP contribution in [0.1, 0.15) is 50.5 Å². The molecule has 1 heterocycles. The van der Waals surface area contributed by atoms with Gasteiger partial charge in [0.1, 0.15) is 18.1 Å². The first-order chi connectivity index (χ1) is 20.9. The normalized spacial score (nSPS) is 13.7. The molecule has 2 aromatic rings. The number of nitrogens with one attached hydrogen (secondary N) is 4. The fourth-order valence-electron chi connectivity index (χ4n) is 4.49. The van der Waals surface area contributed by atoms with Gasteiger partial charge < -0.3 is 54.1 Å². The third-order valence-electron chi connectivity index (χ3n) is 6.88. The highest BCUT2D eigenvalue weighted by Crippen LogP contribution is 2.19. The molecule has 4 atom stereocenters. The Labute approximate surface area is 254 Å². The number of rotatable bonds is 20. The first-order valence-electron chi connectivity index (χ1n) is 14.3. The Morgan fingerprint density at radius 2 is 1.50 bits per heavy atom. The maximum Gasteiger partial charge on any atom is 0.326 e. The minimum atomic E-state index is -1.33. The number of carboxylic acids is 2. The number of hydrogen-bond acceptors (Lipinski definition) is 8. The predicted molar refractivity (Wildman–Crippen MR) is 163 cm³/mol. The van der Waals surface area contributed by atoms with Crippen molar-refractivity contribution in [1.82, 2.24) is 20.9 Å². The Kier molecular flexibility index (Phi) is 14.6. The third-order valence-corrected chi connectivity index (χ3v) is 6.88. The molecule has 3 amide bonds. The number of aromatic amines is 1. The van der Waals surface area contributed by atoms with Crippen molar-refractivity contribution in [1.29, 1.82) is 0 Å². The van der Waals surface area contributed by atoms with Gasteiger partial charge in [-0.3, -0.25) is 24.2 Å². The molecular weight excluding hydrogens is 574 g/mol. The number of aromatic nitrogens is 1. The zero-order chi connectivity index (χ0) is 32.6. The van der Waals surface area contributed by atoms with Crippen LogP contribution in [0.3, 0.4) is 0 Å². The molecular formula is C28H43N9O7. The molecule has 2 rings (SSSR count). The molecule has 0 spiro atoms. The summed E-state index contributed by atoms with van der Waals surface area (Å²) in [6.07, 6.45) is 2.71. The summed E-state index contributed by atoms with van der Waals surface area (Å²) in [6.45, 7) is 0.577. The van der Waals surface area contributed by atoms with Crippen molar-refractivity contribution >= 4 is 46.5 Å². The number of carbonyl (C=O) groups excluding carboxylic acids is 3. The number of fused-ring (bicyclic) bond motifs is 1. The van der Waals surface area contributed by atoms with Gasteiger partial charge in [0.15, 0.2) is 5.96 Å². The molecule has 14 N–H and O–H groups in total. The van der Waals surface area contributed by atoms with E-state index in [0.717, 1.165) is 10.9 Å². The van der Waals surface area contributed by atoms with E-state index >= 15 is 0 Å². The van der Waals surface area contributed by atoms with Crippen LogP contribution < -0.4 is 38.9 Å². The van der Waals surface area contributed by atoms with Gasteiger partial charge in [0.25, 0.3) is 0 Å². The van der Waals surface area contributed by atoms with Crippen LogP contribution in [-0.4, -0.2) is 88.1 Å². The molecule has 44 heavy (non-hydrogen) atoms. The number of benzene rings is 1. The number of unbranched alkanes of at least 4 members (excludes halogenated alkanes) is 1. The second kappa shape index (κ2) is 18.1. The lowest BCUT2D eigenvalue weighted by Gasteiger charge is -2.25. The Balaban J connectivity index is 2.29. The highest BCUT2D eigenvalue weighted by Gasteiger charge is 2.31. The molecule has 0 aliphatic heterocycles. The highest BCUT2D eigenvalue weighted by atomic mass is 16.4. The molecule has 0 aliphatic rings. The zero-order valence-electron chi connectivity index (χ0n) is 24.5. The van der Waals surface area contributed by atoms with Crippen LogP contribution in [-0.2, 0) is 30.4 Å². The van der Waals surface area contributed by atoms with Gasteiger partial charge in [-0.15, -0.1) is 0 Å². The Morgan fingerprint density at radius 3 is 2.16 bits per heavy atom. The molecule has 0 saturated heterocycles. The van der Waals surface area contributed by atoms with E-state index < -0.39 is 60.2 Å². The zero-order valence-corrected chi connectivity index (χ0v) is 24.5. The third kappa shape index (κ3) is 11.9. The molecule has 0 aliphatic carbocycles. The SMILES string of the molecule is NCCCCC(N)C(=O)NC(CCC(=O)O)C(=O)NC(Cc1c[nH]c2ccccc12)C(=O)NC(CCCN=C(N)N)C(=O)O. The fourth-order valence-corrected chi connectivity index (χ4v) is 4.49. The van der Waals surface area contributed by atoms with Gasteiger partial charge in [0.05, 0.1) is 6.04 Å². The first-order valence-corrected chi connectivity index (χ1v) is 14.3. The van der Waals surface area contributed by atoms with Gasteiger partial charge >= 0.3 is 11.9 Å². The van der Waals surface area contributed by atoms with E-state index in [4.69, 9.17) is 22.9 Å². The summed E-state index contributed by atoms with van der Waals surface area (Å²) >= 11 is 0. The van der Waals surface area contributed by atoms with E-state index in [9.17, 15) is 34.2 Å². The fraction of sp³-hybridized carbons (Fsp3) is 0.500. The number of H-pyrrole nitrogens is 1. The van der Waals surface area contributed by atoms with E-state index in [0.29, 0.717) is 31.4 Å². The summed E-state index contributed by atoms with van der Waals surface area (Å²) in [5, 5.41) is 27.3. The van der Waals surface area contributed by atoms with Gasteiger partial charge in [-0.1, -0.05) is 24.6 Å². The smallest absolute Gasteiger partial charge is 0.326 e. The van der Waals surface area contributed by atoms with Gasteiger partial charge in [0.2, 0.25) is 17.7 Å². The number of hydrogen-bond donors (Lipinski definition) is 10. The number of carboxylic acid groups (broad SMARTS) is 2. The molecule has 4 unspecified atom stereocenters. The molecule has 1 aromatic heterocycles. The van der Waals surface area contributed by atoms with Crippen LogP contribution in [0.4, 0.5) is 0 Å². The van der Waals surface area contributed by atoms with Crippen molar-refractivity contribution in [2.75, 3.05) is 13.1 Å². The Morgan fingerprint density at radius 1 is 0.841 bits per heavy atom. The maximum absolute atomic E-state index is 13.5. The second-order valence-electron chi connectivity index (χ2n) is 10.4. The summed E-state index contributed by atoms with van der Waals surface area (Å²) in [5.74, 6) is -4.91. The lowest BCUT2D eigenvalue weighted by Crippen LogP contribution is -2.57. The first kappa shape index (κ1) is 35.5. The van der Waals surface area contributed by atoms with Gasteiger partial charge in [0, 0.05) is 36.5 Å². The quantitative estimate of drug-likeness (QED) is 0.0469. The summed E-state index contributed by atoms with van der Waals surface area (Å²) in [7, 11) is 0. The lowest BCUT2D eigenvalue weighted by atomic mass is 10.0. The molecule has 0 saturated carbocycles. The molecule has 16 heteroatoms. The summed E-state index contributed by atoms with van der Waals surface area (Å²) in [6, 6.07) is 2.40. The number of nitrogens with zero attached hydrogens (tertiary/aromatic N) is 1. The van der Waals surface area contributed by atoms with Crippen molar-refractivity contribution in [3.63, 3.8) is 0 Å². The van der Waals surface area contributed by atoms with Crippen LogP contribution in [0.25, 0.3) is 10.9 Å². The van der Waals surface area contributed by atoms with Crippen LogP contribution in [0.15, 0.2) is 35.5 Å². The number of nitrogens with two attached hydrogens (primary N) is 4. The van der Waals surface area contributed by atoms with E-state index in [1.165, 1.54) is 0 Å². The molecule has 0 bridgehead atoms. The summed E-state index contributed by atoms with van der Waals surface area (Å²) in [5.41, 5.74) is 23.5. The molecule has 16 nitrogen and oxygen atoms in total. The molecule has 1 aromatic carbocycles. The Hall–Kier alpha value is -4.70. The van der Waals surface area contributed by atoms with Gasteiger partial charge in [-0.25, -0.2) is 4.79 Å². The molecule has 242 valence electrons. The number of amides is 3. The number of carbonyl (C=O) groups is 5. The highest BCUT2D eigenvalue weighted by molar-refractivity contribution is 5.95. The van der Waals surface area contributed by atoms with E-state index in [1.807, 2.05) is 18.2 Å². The minimum absolute atomic E-state index is 0.00490.